The molecule has 0 unspecified atom stereocenters. The molecule has 0 aliphatic carbocycles. The van der Waals surface area contributed by atoms with Crippen LogP contribution in [0, 0.1) is 0 Å². The first-order valence-corrected chi connectivity index (χ1v) is 6.98. The fraction of sp³-hybridized carbons (Fsp3) is 0.467. The molecular weight excluding hydrogens is 288 g/mol. The van der Waals surface area contributed by atoms with Gasteiger partial charge in [0, 0.05) is 31.9 Å². The van der Waals surface area contributed by atoms with Crippen LogP contribution in [0.5, 0.6) is 0 Å². The van der Waals surface area contributed by atoms with Crippen LogP contribution >= 0.6 is 12.4 Å². The largest absolute Gasteiger partial charge is 0.314 e. The lowest BCUT2D eigenvalue weighted by atomic mass is 10.3. The maximum Gasteiger partial charge on any atom is 0.253 e. The second kappa shape index (κ2) is 8.77. The summed E-state index contributed by atoms with van der Waals surface area (Å²) >= 11 is 0. The lowest BCUT2D eigenvalue weighted by Gasteiger charge is -2.21. The summed E-state index contributed by atoms with van der Waals surface area (Å²) in [7, 11) is 2.15. The summed E-state index contributed by atoms with van der Waals surface area (Å²) in [6, 6.07) is 9.46. The molecule has 1 fully saturated rings. The Kier molecular flexibility index (Phi) is 7.36. The van der Waals surface area contributed by atoms with E-state index < -0.39 is 0 Å². The van der Waals surface area contributed by atoms with Crippen molar-refractivity contribution in [3.05, 3.63) is 30.3 Å². The van der Waals surface area contributed by atoms with Gasteiger partial charge in [-0.15, -0.1) is 12.4 Å². The van der Waals surface area contributed by atoms with Crippen LogP contribution in [-0.4, -0.2) is 49.7 Å². The maximum absolute atomic E-state index is 11.4. The van der Waals surface area contributed by atoms with Gasteiger partial charge in [0.2, 0.25) is 0 Å². The van der Waals surface area contributed by atoms with Gasteiger partial charge in [0.1, 0.15) is 0 Å². The van der Waals surface area contributed by atoms with Crippen LogP contribution in [0.1, 0.15) is 13.3 Å². The number of likely N-dealkylation sites (N-methyl/N-ethyl adjacent to an activating group) is 1. The number of carbonyl (C=O) groups excluding carboxylic acids is 1. The first kappa shape index (κ1) is 17.6. The number of amides is 1. The number of para-hydroxylation sites is 1. The summed E-state index contributed by atoms with van der Waals surface area (Å²) in [6.45, 7) is 6.60. The third kappa shape index (κ3) is 5.46. The van der Waals surface area contributed by atoms with Crippen molar-refractivity contribution >= 4 is 29.7 Å². The molecule has 5 nitrogen and oxygen atoms in total. The number of benzene rings is 1. The normalized spacial score (nSPS) is 18.5. The minimum Gasteiger partial charge on any atom is -0.314 e. The zero-order valence-electron chi connectivity index (χ0n) is 12.6. The number of halogens is 1. The topological polar surface area (TPSA) is 47.9 Å². The Balaban J connectivity index is 0.000000236. The minimum absolute atomic E-state index is 0. The van der Waals surface area contributed by atoms with Crippen molar-refractivity contribution in [1.29, 1.82) is 0 Å². The molecule has 6 heteroatoms. The molecule has 2 aliphatic heterocycles. The summed E-state index contributed by atoms with van der Waals surface area (Å²) < 4.78 is 0. The first-order chi connectivity index (χ1) is 9.66. The van der Waals surface area contributed by atoms with Crippen molar-refractivity contribution in [2.24, 2.45) is 5.10 Å². The lowest BCUT2D eigenvalue weighted by Crippen LogP contribution is -2.40. The first-order valence-electron chi connectivity index (χ1n) is 6.98. The average Bonchev–Trinajstić information content (AvgIpc) is 2.80. The number of rotatable bonds is 1. The quantitative estimate of drug-likeness (QED) is 0.859. The van der Waals surface area contributed by atoms with Crippen LogP contribution in [0.4, 0.5) is 5.69 Å². The Labute approximate surface area is 132 Å². The van der Waals surface area contributed by atoms with E-state index in [1.54, 1.807) is 0 Å². The second-order valence-electron chi connectivity index (χ2n) is 5.11. The van der Waals surface area contributed by atoms with Crippen molar-refractivity contribution in [2.45, 2.75) is 13.3 Å². The van der Waals surface area contributed by atoms with Gasteiger partial charge in [0.15, 0.2) is 0 Å². The van der Waals surface area contributed by atoms with E-state index in [0.29, 0.717) is 6.42 Å². The monoisotopic (exact) mass is 310 g/mol. The van der Waals surface area contributed by atoms with Crippen molar-refractivity contribution in [3.63, 3.8) is 0 Å². The van der Waals surface area contributed by atoms with Crippen LogP contribution in [0.15, 0.2) is 35.4 Å². The van der Waals surface area contributed by atoms with Gasteiger partial charge in [-0.3, -0.25) is 4.79 Å². The van der Waals surface area contributed by atoms with E-state index in [1.165, 1.54) is 18.1 Å². The summed E-state index contributed by atoms with van der Waals surface area (Å²) in [6.07, 6.45) is 0.439. The van der Waals surface area contributed by atoms with Gasteiger partial charge in [0.25, 0.3) is 5.91 Å². The highest BCUT2D eigenvalue weighted by Crippen LogP contribution is 2.19. The van der Waals surface area contributed by atoms with Gasteiger partial charge in [0.05, 0.1) is 12.1 Å². The zero-order valence-corrected chi connectivity index (χ0v) is 13.4. The SMILES string of the molecule is CC1=NN(c2ccccc2)C(=O)C1.CN1CCNCC1.Cl. The second-order valence-corrected chi connectivity index (χ2v) is 5.11. The molecule has 1 aromatic carbocycles. The van der Waals surface area contributed by atoms with Crippen molar-refractivity contribution in [2.75, 3.05) is 38.2 Å². The van der Waals surface area contributed by atoms with E-state index in [4.69, 9.17) is 0 Å². The number of carbonyl (C=O) groups is 1. The molecule has 2 aliphatic rings. The third-order valence-corrected chi connectivity index (χ3v) is 3.26. The van der Waals surface area contributed by atoms with Gasteiger partial charge >= 0.3 is 0 Å². The van der Waals surface area contributed by atoms with Gasteiger partial charge in [-0.25, -0.2) is 5.01 Å². The van der Waals surface area contributed by atoms with Crippen LogP contribution in [-0.2, 0) is 4.79 Å². The highest BCUT2D eigenvalue weighted by molar-refractivity contribution is 6.12. The Bertz CT molecular complexity index is 472. The van der Waals surface area contributed by atoms with E-state index in [0.717, 1.165) is 24.5 Å². The molecule has 0 radical (unpaired) electrons. The van der Waals surface area contributed by atoms with E-state index in [9.17, 15) is 4.79 Å². The lowest BCUT2D eigenvalue weighted by molar-refractivity contribution is -0.116. The van der Waals surface area contributed by atoms with E-state index in [2.05, 4.69) is 22.4 Å². The number of hydrogen-bond donors (Lipinski definition) is 1. The highest BCUT2D eigenvalue weighted by Gasteiger charge is 2.21. The van der Waals surface area contributed by atoms with Crippen LogP contribution in [0.25, 0.3) is 0 Å². The van der Waals surface area contributed by atoms with Gasteiger partial charge in [-0.05, 0) is 26.1 Å². The van der Waals surface area contributed by atoms with Gasteiger partial charge in [-0.1, -0.05) is 18.2 Å². The fourth-order valence-electron chi connectivity index (χ4n) is 2.10. The summed E-state index contributed by atoms with van der Waals surface area (Å²) in [5.41, 5.74) is 1.71. The van der Waals surface area contributed by atoms with Gasteiger partial charge in [-0.2, -0.15) is 5.10 Å². The van der Waals surface area contributed by atoms with Crippen LogP contribution < -0.4 is 10.3 Å². The molecule has 0 atom stereocenters. The zero-order chi connectivity index (χ0) is 14.4. The Morgan fingerprint density at radius 3 is 2.19 bits per heavy atom. The molecule has 0 spiro atoms. The highest BCUT2D eigenvalue weighted by atomic mass is 35.5. The van der Waals surface area contributed by atoms with Crippen LogP contribution in [0.2, 0.25) is 0 Å². The molecule has 0 saturated carbocycles. The van der Waals surface area contributed by atoms with E-state index >= 15 is 0 Å². The molecule has 2 heterocycles. The number of anilines is 1. The summed E-state index contributed by atoms with van der Waals surface area (Å²) in [5.74, 6) is 0.0451. The van der Waals surface area contributed by atoms with E-state index in [-0.39, 0.29) is 18.3 Å². The molecule has 116 valence electrons. The molecule has 3 rings (SSSR count). The molecule has 1 saturated heterocycles. The molecule has 1 N–H and O–H groups in total. The number of hydrazone groups is 1. The standard InChI is InChI=1S/C10H10N2O.C5H12N2.ClH/c1-8-7-10(13)12(11-8)9-5-3-2-4-6-9;1-7-4-2-6-3-5-7;/h2-6H,7H2,1H3;6H,2-5H2,1H3;1H. The smallest absolute Gasteiger partial charge is 0.253 e. The maximum atomic E-state index is 11.4. The molecule has 21 heavy (non-hydrogen) atoms. The molecule has 1 amide bonds. The molecule has 1 aromatic rings. The average molecular weight is 311 g/mol. The Hall–Kier alpha value is -1.43. The number of nitrogens with one attached hydrogen (secondary N) is 1. The number of nitrogens with zero attached hydrogens (tertiary/aromatic N) is 3. The van der Waals surface area contributed by atoms with Gasteiger partial charge < -0.3 is 10.2 Å². The summed E-state index contributed by atoms with van der Waals surface area (Å²) in [4.78, 5) is 13.7. The van der Waals surface area contributed by atoms with E-state index in [1.807, 2.05) is 37.3 Å². The Morgan fingerprint density at radius 2 is 1.76 bits per heavy atom. The molecule has 0 aromatic heterocycles. The van der Waals surface area contributed by atoms with Crippen molar-refractivity contribution in [3.8, 4) is 0 Å². The minimum atomic E-state index is 0. The van der Waals surface area contributed by atoms with Crippen LogP contribution in [0.3, 0.4) is 0 Å². The van der Waals surface area contributed by atoms with Crippen molar-refractivity contribution < 1.29 is 4.79 Å². The number of piperazine rings is 1. The van der Waals surface area contributed by atoms with Crippen molar-refractivity contribution in [1.82, 2.24) is 10.2 Å². The third-order valence-electron chi connectivity index (χ3n) is 3.26. The number of hydrogen-bond acceptors (Lipinski definition) is 4. The molecule has 0 bridgehead atoms. The fourth-order valence-corrected chi connectivity index (χ4v) is 2.10. The predicted molar refractivity (Wildman–Crippen MR) is 89.3 cm³/mol. The summed E-state index contributed by atoms with van der Waals surface area (Å²) in [5, 5.41) is 8.87. The Morgan fingerprint density at radius 1 is 1.14 bits per heavy atom. The predicted octanol–water partition coefficient (Wildman–Crippen LogP) is 1.74. The molecular formula is C15H23ClN4O.